The maximum absolute atomic E-state index is 3.96. The summed E-state index contributed by atoms with van der Waals surface area (Å²) in [5, 5.41) is 14.7. The molecule has 4 heteroatoms. The van der Waals surface area contributed by atoms with Gasteiger partial charge in [-0.2, -0.15) is 16.4 Å². The molecule has 0 atom stereocenters. The Labute approximate surface area is 116 Å². The Bertz CT molecular complexity index is 597. The van der Waals surface area contributed by atoms with E-state index in [1.165, 1.54) is 16.7 Å². The number of benzene rings is 1. The first-order valence-electron chi connectivity index (χ1n) is 6.22. The van der Waals surface area contributed by atoms with Crippen LogP contribution in [-0.2, 0) is 13.1 Å². The van der Waals surface area contributed by atoms with Gasteiger partial charge in [-0.15, -0.1) is 0 Å². The highest BCUT2D eigenvalue weighted by atomic mass is 32.1. The highest BCUT2D eigenvalue weighted by molar-refractivity contribution is 7.07. The molecule has 0 unspecified atom stereocenters. The SMILES string of the molecule is c1cc(-c2ccc(CNCc3ccsc3)cc2)[nH]n1. The first-order chi connectivity index (χ1) is 9.42. The van der Waals surface area contributed by atoms with E-state index in [-0.39, 0.29) is 0 Å². The van der Waals surface area contributed by atoms with Crippen LogP contribution in [0.25, 0.3) is 11.3 Å². The van der Waals surface area contributed by atoms with Crippen molar-refractivity contribution in [1.82, 2.24) is 15.5 Å². The zero-order chi connectivity index (χ0) is 12.9. The molecule has 2 N–H and O–H groups in total. The average molecular weight is 269 g/mol. The van der Waals surface area contributed by atoms with E-state index in [0.717, 1.165) is 18.8 Å². The minimum Gasteiger partial charge on any atom is -0.309 e. The number of aromatic amines is 1. The molecule has 0 saturated carbocycles. The maximum atomic E-state index is 3.96. The Morgan fingerprint density at radius 1 is 1.00 bits per heavy atom. The third kappa shape index (κ3) is 3.10. The fourth-order valence-corrected chi connectivity index (χ4v) is 2.63. The van der Waals surface area contributed by atoms with Gasteiger partial charge in [0.1, 0.15) is 0 Å². The Balaban J connectivity index is 1.57. The fraction of sp³-hybridized carbons (Fsp3) is 0.133. The number of hydrogen-bond acceptors (Lipinski definition) is 3. The summed E-state index contributed by atoms with van der Waals surface area (Å²) in [6.07, 6.45) is 1.77. The van der Waals surface area contributed by atoms with Crippen molar-refractivity contribution in [2.24, 2.45) is 0 Å². The average Bonchev–Trinajstić information content (AvgIpc) is 3.13. The molecule has 0 aliphatic rings. The summed E-state index contributed by atoms with van der Waals surface area (Å²) in [4.78, 5) is 0. The third-order valence-corrected chi connectivity index (χ3v) is 3.74. The molecule has 0 amide bonds. The molecular formula is C15H15N3S. The lowest BCUT2D eigenvalue weighted by molar-refractivity contribution is 0.695. The lowest BCUT2D eigenvalue weighted by Gasteiger charge is -2.05. The topological polar surface area (TPSA) is 40.7 Å². The van der Waals surface area contributed by atoms with Crippen LogP contribution in [0.2, 0.25) is 0 Å². The molecule has 3 aromatic rings. The second-order valence-electron chi connectivity index (χ2n) is 4.40. The van der Waals surface area contributed by atoms with E-state index in [0.29, 0.717) is 0 Å². The fourth-order valence-electron chi connectivity index (χ4n) is 1.96. The van der Waals surface area contributed by atoms with Crippen LogP contribution in [0.3, 0.4) is 0 Å². The second-order valence-corrected chi connectivity index (χ2v) is 5.18. The van der Waals surface area contributed by atoms with Gasteiger partial charge in [0.15, 0.2) is 0 Å². The van der Waals surface area contributed by atoms with Crippen molar-refractivity contribution in [3.63, 3.8) is 0 Å². The minimum absolute atomic E-state index is 0.888. The van der Waals surface area contributed by atoms with Crippen molar-refractivity contribution in [3.05, 3.63) is 64.5 Å². The van der Waals surface area contributed by atoms with Gasteiger partial charge < -0.3 is 5.32 Å². The molecule has 0 aliphatic carbocycles. The summed E-state index contributed by atoms with van der Waals surface area (Å²) in [6.45, 7) is 1.81. The summed E-state index contributed by atoms with van der Waals surface area (Å²) in [5.74, 6) is 0. The third-order valence-electron chi connectivity index (χ3n) is 3.00. The molecule has 3 rings (SSSR count). The van der Waals surface area contributed by atoms with Crippen LogP contribution in [0.1, 0.15) is 11.1 Å². The van der Waals surface area contributed by atoms with Gasteiger partial charge in [0.25, 0.3) is 0 Å². The number of thiophene rings is 1. The molecule has 0 aliphatic heterocycles. The lowest BCUT2D eigenvalue weighted by Crippen LogP contribution is -2.11. The van der Waals surface area contributed by atoms with E-state index < -0.39 is 0 Å². The molecule has 2 heterocycles. The van der Waals surface area contributed by atoms with E-state index >= 15 is 0 Å². The summed E-state index contributed by atoms with van der Waals surface area (Å²) in [7, 11) is 0. The van der Waals surface area contributed by atoms with Gasteiger partial charge in [0.2, 0.25) is 0 Å². The van der Waals surface area contributed by atoms with E-state index in [1.54, 1.807) is 17.5 Å². The van der Waals surface area contributed by atoms with Gasteiger partial charge in [0, 0.05) is 19.3 Å². The summed E-state index contributed by atoms with van der Waals surface area (Å²) in [5.41, 5.74) is 4.86. The highest BCUT2D eigenvalue weighted by Gasteiger charge is 1.99. The number of nitrogens with one attached hydrogen (secondary N) is 2. The van der Waals surface area contributed by atoms with Gasteiger partial charge in [-0.05, 0) is 39.6 Å². The number of hydrogen-bond donors (Lipinski definition) is 2. The van der Waals surface area contributed by atoms with Gasteiger partial charge in [-0.3, -0.25) is 5.10 Å². The zero-order valence-corrected chi connectivity index (χ0v) is 11.3. The van der Waals surface area contributed by atoms with Crippen LogP contribution >= 0.6 is 11.3 Å². The molecule has 3 nitrogen and oxygen atoms in total. The van der Waals surface area contributed by atoms with E-state index in [4.69, 9.17) is 0 Å². The predicted octanol–water partition coefficient (Wildman–Crippen LogP) is 3.43. The zero-order valence-electron chi connectivity index (χ0n) is 10.5. The number of nitrogens with zero attached hydrogens (tertiary/aromatic N) is 1. The minimum atomic E-state index is 0.888. The van der Waals surface area contributed by atoms with Crippen LogP contribution in [0.4, 0.5) is 0 Å². The molecule has 1 aromatic carbocycles. The van der Waals surface area contributed by atoms with Crippen LogP contribution in [0, 0.1) is 0 Å². The quantitative estimate of drug-likeness (QED) is 0.745. The molecule has 19 heavy (non-hydrogen) atoms. The van der Waals surface area contributed by atoms with Crippen molar-refractivity contribution in [3.8, 4) is 11.3 Å². The van der Waals surface area contributed by atoms with E-state index in [2.05, 4.69) is 56.6 Å². The maximum Gasteiger partial charge on any atom is 0.0650 e. The molecule has 0 saturated heterocycles. The Morgan fingerprint density at radius 3 is 2.53 bits per heavy atom. The number of rotatable bonds is 5. The van der Waals surface area contributed by atoms with Crippen LogP contribution < -0.4 is 5.32 Å². The Hall–Kier alpha value is -1.91. The summed E-state index contributed by atoms with van der Waals surface area (Å²) in [6, 6.07) is 12.7. The van der Waals surface area contributed by atoms with Crippen LogP contribution in [-0.4, -0.2) is 10.2 Å². The predicted molar refractivity (Wildman–Crippen MR) is 78.9 cm³/mol. The highest BCUT2D eigenvalue weighted by Crippen LogP contribution is 2.16. The molecule has 0 bridgehead atoms. The molecule has 0 fully saturated rings. The summed E-state index contributed by atoms with van der Waals surface area (Å²) < 4.78 is 0. The largest absolute Gasteiger partial charge is 0.309 e. The molecule has 2 aromatic heterocycles. The van der Waals surface area contributed by atoms with Crippen molar-refractivity contribution in [1.29, 1.82) is 0 Å². The first-order valence-corrected chi connectivity index (χ1v) is 7.16. The Morgan fingerprint density at radius 2 is 1.84 bits per heavy atom. The number of H-pyrrole nitrogens is 1. The molecule has 0 radical (unpaired) electrons. The van der Waals surface area contributed by atoms with E-state index in [9.17, 15) is 0 Å². The van der Waals surface area contributed by atoms with Crippen molar-refractivity contribution in [2.45, 2.75) is 13.1 Å². The van der Waals surface area contributed by atoms with E-state index in [1.807, 2.05) is 6.07 Å². The second kappa shape index (κ2) is 5.82. The van der Waals surface area contributed by atoms with Crippen molar-refractivity contribution >= 4 is 11.3 Å². The normalized spacial score (nSPS) is 10.7. The molecule has 0 spiro atoms. The Kier molecular flexibility index (Phi) is 3.72. The van der Waals surface area contributed by atoms with Crippen LogP contribution in [0.15, 0.2) is 53.4 Å². The van der Waals surface area contributed by atoms with Gasteiger partial charge in [0.05, 0.1) is 5.69 Å². The van der Waals surface area contributed by atoms with Gasteiger partial charge in [-0.1, -0.05) is 24.3 Å². The summed E-state index contributed by atoms with van der Waals surface area (Å²) >= 11 is 1.74. The molecular weight excluding hydrogens is 254 g/mol. The van der Waals surface area contributed by atoms with Crippen molar-refractivity contribution < 1.29 is 0 Å². The standard InChI is InChI=1S/C15H15N3S/c1-3-14(15-5-7-17-18-15)4-2-12(1)9-16-10-13-6-8-19-11-13/h1-8,11,16H,9-10H2,(H,17,18). The van der Waals surface area contributed by atoms with Gasteiger partial charge in [-0.25, -0.2) is 0 Å². The monoisotopic (exact) mass is 269 g/mol. The molecule has 96 valence electrons. The van der Waals surface area contributed by atoms with Crippen molar-refractivity contribution in [2.75, 3.05) is 0 Å². The first kappa shape index (κ1) is 12.1. The van der Waals surface area contributed by atoms with Crippen LogP contribution in [0.5, 0.6) is 0 Å². The number of aromatic nitrogens is 2. The lowest BCUT2D eigenvalue weighted by atomic mass is 10.1. The smallest absolute Gasteiger partial charge is 0.0650 e. The van der Waals surface area contributed by atoms with Gasteiger partial charge >= 0.3 is 0 Å².